The van der Waals surface area contributed by atoms with E-state index in [0.717, 1.165) is 6.20 Å². The van der Waals surface area contributed by atoms with Crippen molar-refractivity contribution in [2.75, 3.05) is 36.6 Å². The second-order valence-corrected chi connectivity index (χ2v) is 7.10. The van der Waals surface area contributed by atoms with Gasteiger partial charge in [0, 0.05) is 18.7 Å². The molecule has 0 spiro atoms. The second-order valence-electron chi connectivity index (χ2n) is 7.10. The van der Waals surface area contributed by atoms with Crippen molar-refractivity contribution in [3.8, 4) is 0 Å². The summed E-state index contributed by atoms with van der Waals surface area (Å²) in [6.07, 6.45) is 10.7. The number of halogens is 1. The Morgan fingerprint density at radius 1 is 1.47 bits per heavy atom. The Morgan fingerprint density at radius 3 is 2.97 bits per heavy atom. The lowest BCUT2D eigenvalue weighted by molar-refractivity contribution is -0.140. The third kappa shape index (κ3) is 6.24. The van der Waals surface area contributed by atoms with Gasteiger partial charge in [-0.25, -0.2) is 14.8 Å². The number of nitrogens with one attached hydrogen (secondary N) is 1. The fourth-order valence-corrected chi connectivity index (χ4v) is 3.15. The van der Waals surface area contributed by atoms with Gasteiger partial charge >= 0.3 is 5.97 Å². The van der Waals surface area contributed by atoms with Gasteiger partial charge < -0.3 is 19.5 Å². The number of aliphatic carboxylic acids is 1. The zero-order chi connectivity index (χ0) is 22.9. The predicted octanol–water partition coefficient (Wildman–Crippen LogP) is 3.26. The molecular weight excluding hydrogens is 417 g/mol. The van der Waals surface area contributed by atoms with Gasteiger partial charge in [0.15, 0.2) is 11.6 Å². The van der Waals surface area contributed by atoms with Crippen molar-refractivity contribution in [3.63, 3.8) is 0 Å². The number of carboxylic acids is 1. The zero-order valence-corrected chi connectivity index (χ0v) is 17.8. The van der Waals surface area contributed by atoms with Crippen LogP contribution in [0.25, 0.3) is 0 Å². The van der Waals surface area contributed by atoms with Crippen LogP contribution in [-0.2, 0) is 14.3 Å². The summed E-state index contributed by atoms with van der Waals surface area (Å²) in [6.45, 7) is 7.77. The van der Waals surface area contributed by atoms with E-state index in [-0.39, 0.29) is 11.8 Å². The summed E-state index contributed by atoms with van der Waals surface area (Å²) < 4.78 is 25.1. The van der Waals surface area contributed by atoms with Crippen LogP contribution in [0.15, 0.2) is 59.3 Å². The van der Waals surface area contributed by atoms with Crippen LogP contribution >= 0.6 is 0 Å². The number of carboxylic acid groups (broad SMARTS) is 1. The molecule has 2 N–H and O–H groups in total. The van der Waals surface area contributed by atoms with Crippen LogP contribution in [-0.4, -0.2) is 53.6 Å². The molecule has 1 aromatic rings. The van der Waals surface area contributed by atoms with Crippen molar-refractivity contribution in [2.24, 2.45) is 11.0 Å². The van der Waals surface area contributed by atoms with E-state index in [4.69, 9.17) is 9.47 Å². The highest BCUT2D eigenvalue weighted by Gasteiger charge is 2.19. The van der Waals surface area contributed by atoms with Crippen molar-refractivity contribution in [1.29, 1.82) is 0 Å². The predicted molar refractivity (Wildman–Crippen MR) is 119 cm³/mol. The fraction of sp³-hybridized carbons (Fsp3) is 0.364. The molecule has 1 fully saturated rings. The van der Waals surface area contributed by atoms with E-state index in [2.05, 4.69) is 27.1 Å². The lowest BCUT2D eigenvalue weighted by atomic mass is 10.0. The van der Waals surface area contributed by atoms with Crippen molar-refractivity contribution >= 4 is 24.0 Å². The lowest BCUT2D eigenvalue weighted by Crippen LogP contribution is -2.37. The van der Waals surface area contributed by atoms with Crippen LogP contribution in [0.1, 0.15) is 19.8 Å². The number of hydrogen-bond acceptors (Lipinski definition) is 8. The summed E-state index contributed by atoms with van der Waals surface area (Å²) in [5.41, 5.74) is 3.27. The number of hydrogen-bond donors (Lipinski definition) is 2. The number of carbonyl (C=O) groups is 1. The molecule has 0 aromatic carbocycles. The van der Waals surface area contributed by atoms with Gasteiger partial charge in [-0.05, 0) is 25.8 Å². The van der Waals surface area contributed by atoms with Crippen LogP contribution in [0.5, 0.6) is 0 Å². The minimum atomic E-state index is -0.883. The third-order valence-electron chi connectivity index (χ3n) is 4.88. The van der Waals surface area contributed by atoms with E-state index < -0.39 is 17.7 Å². The number of allylic oxidation sites excluding steroid dienone is 4. The van der Waals surface area contributed by atoms with Crippen LogP contribution in [0.2, 0.25) is 0 Å². The first-order valence-corrected chi connectivity index (χ1v) is 10.3. The molecule has 170 valence electrons. The summed E-state index contributed by atoms with van der Waals surface area (Å²) in [5.74, 6) is -0.980. The van der Waals surface area contributed by atoms with E-state index in [1.54, 1.807) is 30.1 Å². The Kier molecular flexibility index (Phi) is 8.09. The first-order chi connectivity index (χ1) is 15.5. The maximum absolute atomic E-state index is 14.1. The zero-order valence-electron chi connectivity index (χ0n) is 17.8. The molecule has 1 aromatic heterocycles. The molecule has 1 aliphatic heterocycles. The van der Waals surface area contributed by atoms with Crippen molar-refractivity contribution in [3.05, 3.63) is 60.0 Å². The molecule has 32 heavy (non-hydrogen) atoms. The van der Waals surface area contributed by atoms with Gasteiger partial charge in [0.25, 0.3) is 0 Å². The molecular formula is C22H26FN5O4. The van der Waals surface area contributed by atoms with Gasteiger partial charge in [0.05, 0.1) is 31.5 Å². The number of ether oxygens (including phenoxy) is 2. The monoisotopic (exact) mass is 443 g/mol. The lowest BCUT2D eigenvalue weighted by Gasteiger charge is -2.27. The molecule has 9 nitrogen and oxygen atoms in total. The summed E-state index contributed by atoms with van der Waals surface area (Å²) in [4.78, 5) is 21.2. The summed E-state index contributed by atoms with van der Waals surface area (Å²) in [7, 11) is 0. The van der Waals surface area contributed by atoms with Crippen LogP contribution in [0, 0.1) is 11.7 Å². The summed E-state index contributed by atoms with van der Waals surface area (Å²) in [6, 6.07) is 0. The van der Waals surface area contributed by atoms with Gasteiger partial charge in [-0.1, -0.05) is 24.8 Å². The number of nitrogens with zero attached hydrogens (tertiary/aromatic N) is 4. The molecule has 1 unspecified atom stereocenters. The smallest absolute Gasteiger partial charge is 0.310 e. The number of anilines is 2. The molecule has 2 aliphatic rings. The molecule has 1 saturated heterocycles. The molecule has 1 atom stereocenters. The molecule has 0 amide bonds. The largest absolute Gasteiger partial charge is 0.481 e. The van der Waals surface area contributed by atoms with Crippen LogP contribution < -0.4 is 10.3 Å². The Bertz CT molecular complexity index is 967. The van der Waals surface area contributed by atoms with Crippen LogP contribution in [0.3, 0.4) is 0 Å². The van der Waals surface area contributed by atoms with Gasteiger partial charge in [-0.3, -0.25) is 4.79 Å². The molecule has 1 aliphatic carbocycles. The van der Waals surface area contributed by atoms with E-state index in [1.807, 2.05) is 6.08 Å². The molecule has 0 saturated carbocycles. The van der Waals surface area contributed by atoms with E-state index in [0.29, 0.717) is 56.2 Å². The minimum absolute atomic E-state index is 0.136. The quantitative estimate of drug-likeness (QED) is 0.358. The fourth-order valence-electron chi connectivity index (χ4n) is 3.15. The Balaban J connectivity index is 1.63. The third-order valence-corrected chi connectivity index (χ3v) is 4.88. The molecule has 2 heterocycles. The average molecular weight is 443 g/mol. The van der Waals surface area contributed by atoms with E-state index in [1.165, 1.54) is 6.21 Å². The van der Waals surface area contributed by atoms with Gasteiger partial charge in [-0.2, -0.15) is 10.1 Å². The average Bonchev–Trinajstić information content (AvgIpc) is 3.07. The Morgan fingerprint density at radius 2 is 2.25 bits per heavy atom. The minimum Gasteiger partial charge on any atom is -0.481 e. The highest BCUT2D eigenvalue weighted by Crippen LogP contribution is 2.23. The first kappa shape index (κ1) is 23.1. The summed E-state index contributed by atoms with van der Waals surface area (Å²) in [5, 5.41) is 13.4. The molecule has 10 heteroatoms. The van der Waals surface area contributed by atoms with Gasteiger partial charge in [0.1, 0.15) is 11.5 Å². The maximum Gasteiger partial charge on any atom is 0.310 e. The maximum atomic E-state index is 14.1. The molecule has 0 bridgehead atoms. The summed E-state index contributed by atoms with van der Waals surface area (Å²) >= 11 is 0. The van der Waals surface area contributed by atoms with E-state index >= 15 is 0 Å². The molecule has 0 radical (unpaired) electrons. The highest BCUT2D eigenvalue weighted by molar-refractivity contribution is 5.77. The van der Waals surface area contributed by atoms with Crippen molar-refractivity contribution in [1.82, 2.24) is 9.97 Å². The van der Waals surface area contributed by atoms with Crippen molar-refractivity contribution < 1.29 is 23.8 Å². The topological polar surface area (TPSA) is 109 Å². The number of aromatic nitrogens is 2. The standard InChI is InChI=1S/C22H26FN5O4/c1-3-18(32-15(2)16-6-4-5-7-17(12-16)21(29)30)13-25-27-22-24-14-19(23)20(26-22)28-8-10-31-11-9-28/h3-4,6,12-14,17H,2,5,7-11H2,1H3,(H,29,30)(H,24,26,27)/b18-3-,25-13+. The van der Waals surface area contributed by atoms with Crippen molar-refractivity contribution in [2.45, 2.75) is 19.8 Å². The number of rotatable bonds is 8. The second kappa shape index (κ2) is 11.2. The SMILES string of the molecule is C=C(OC(=C\C)/C=N/Nc1ncc(F)c(N2CCOCC2)n1)C1=CC(C(=O)O)CCC=C1. The molecule has 3 rings (SSSR count). The highest BCUT2D eigenvalue weighted by atomic mass is 19.1. The number of hydrazone groups is 1. The van der Waals surface area contributed by atoms with Gasteiger partial charge in [-0.15, -0.1) is 0 Å². The van der Waals surface area contributed by atoms with Gasteiger partial charge in [0.2, 0.25) is 5.95 Å². The van der Waals surface area contributed by atoms with E-state index in [9.17, 15) is 14.3 Å². The Labute approximate surface area is 185 Å². The number of morpholine rings is 1. The van der Waals surface area contributed by atoms with Crippen LogP contribution in [0.4, 0.5) is 16.2 Å². The normalized spacial score (nSPS) is 19.4. The first-order valence-electron chi connectivity index (χ1n) is 10.3. The Hall–Kier alpha value is -3.53.